The largest absolute Gasteiger partial charge is 0.451 e. The van der Waals surface area contributed by atoms with Crippen LogP contribution in [0.5, 0.6) is 0 Å². The van der Waals surface area contributed by atoms with E-state index in [0.717, 1.165) is 32.0 Å². The summed E-state index contributed by atoms with van der Waals surface area (Å²) < 4.78 is 45.1. The molecular formula is C20H21F3N2O2. The van der Waals surface area contributed by atoms with Crippen LogP contribution < -0.4 is 5.32 Å². The fourth-order valence-corrected chi connectivity index (χ4v) is 4.32. The van der Waals surface area contributed by atoms with E-state index in [4.69, 9.17) is 4.42 Å². The van der Waals surface area contributed by atoms with Crippen LogP contribution in [0.1, 0.15) is 35.9 Å². The Labute approximate surface area is 155 Å². The summed E-state index contributed by atoms with van der Waals surface area (Å²) in [5.41, 5.74) is -0.849. The van der Waals surface area contributed by atoms with Crippen molar-refractivity contribution in [2.75, 3.05) is 13.1 Å². The zero-order chi connectivity index (χ0) is 19.2. The Morgan fingerprint density at radius 2 is 1.85 bits per heavy atom. The van der Waals surface area contributed by atoms with E-state index in [1.54, 1.807) is 0 Å². The zero-order valence-corrected chi connectivity index (χ0v) is 14.9. The first-order valence-electron chi connectivity index (χ1n) is 9.16. The Morgan fingerprint density at radius 1 is 1.15 bits per heavy atom. The van der Waals surface area contributed by atoms with Crippen molar-refractivity contribution in [1.29, 1.82) is 0 Å². The molecule has 27 heavy (non-hydrogen) atoms. The van der Waals surface area contributed by atoms with E-state index >= 15 is 0 Å². The van der Waals surface area contributed by atoms with Crippen molar-refractivity contribution < 1.29 is 22.4 Å². The lowest BCUT2D eigenvalue weighted by atomic mass is 9.79. The van der Waals surface area contributed by atoms with E-state index in [9.17, 15) is 18.0 Å². The Bertz CT molecular complexity index is 836. The van der Waals surface area contributed by atoms with E-state index in [1.807, 2.05) is 0 Å². The molecule has 7 heteroatoms. The Balaban J connectivity index is 1.54. The van der Waals surface area contributed by atoms with Crippen molar-refractivity contribution in [3.63, 3.8) is 0 Å². The lowest BCUT2D eigenvalue weighted by Crippen LogP contribution is -2.62. The molecule has 3 fully saturated rings. The van der Waals surface area contributed by atoms with E-state index in [2.05, 4.69) is 17.1 Å². The third kappa shape index (κ3) is 3.36. The number of piperidine rings is 3. The Kier molecular flexibility index (Phi) is 4.50. The van der Waals surface area contributed by atoms with Gasteiger partial charge in [0.25, 0.3) is 5.91 Å². The summed E-state index contributed by atoms with van der Waals surface area (Å²) in [6, 6.07) is 8.34. The highest BCUT2D eigenvalue weighted by Gasteiger charge is 2.41. The first kappa shape index (κ1) is 18.1. The van der Waals surface area contributed by atoms with Crippen molar-refractivity contribution in [2.24, 2.45) is 5.92 Å². The summed E-state index contributed by atoms with van der Waals surface area (Å²) in [5, 5.41) is 3.03. The molecular weight excluding hydrogens is 357 g/mol. The summed E-state index contributed by atoms with van der Waals surface area (Å²) in [4.78, 5) is 15.0. The average Bonchev–Trinajstić information content (AvgIpc) is 3.14. The second kappa shape index (κ2) is 6.71. The van der Waals surface area contributed by atoms with Crippen LogP contribution >= 0.6 is 0 Å². The molecule has 3 aliphatic heterocycles. The summed E-state index contributed by atoms with van der Waals surface area (Å²) in [7, 11) is 0. The lowest BCUT2D eigenvalue weighted by molar-refractivity contribution is -0.137. The Morgan fingerprint density at radius 3 is 2.52 bits per heavy atom. The van der Waals surface area contributed by atoms with Gasteiger partial charge in [-0.25, -0.2) is 0 Å². The number of nitrogens with zero attached hydrogens (tertiary/aromatic N) is 1. The van der Waals surface area contributed by atoms with Gasteiger partial charge in [-0.3, -0.25) is 9.69 Å². The molecule has 0 aliphatic carbocycles. The number of benzene rings is 1. The number of carbonyl (C=O) groups is 1. The minimum absolute atomic E-state index is 0.0330. The van der Waals surface area contributed by atoms with E-state index in [1.165, 1.54) is 30.3 Å². The molecule has 4 nitrogen and oxygen atoms in total. The molecule has 1 aromatic carbocycles. The third-order valence-corrected chi connectivity index (χ3v) is 5.80. The number of amides is 1. The molecule has 4 heterocycles. The number of nitrogens with one attached hydrogen (secondary N) is 1. The van der Waals surface area contributed by atoms with Crippen LogP contribution in [0, 0.1) is 5.92 Å². The molecule has 2 bridgehead atoms. The molecule has 2 aromatic rings. The zero-order valence-electron chi connectivity index (χ0n) is 14.9. The standard InChI is InChI=1S/C20H21F3N2O2/c1-12-18(13-8-10-25(12)11-9-13)24-19(26)17-7-6-16(27-17)14-4-2-3-5-15(14)20(21,22)23/h2-7,12-13,18H,8-11H2,1H3,(H,24,26). The van der Waals surface area contributed by atoms with E-state index in [-0.39, 0.29) is 35.1 Å². The van der Waals surface area contributed by atoms with Gasteiger partial charge in [0.1, 0.15) is 5.76 Å². The van der Waals surface area contributed by atoms with Crippen molar-refractivity contribution >= 4 is 5.91 Å². The first-order valence-corrected chi connectivity index (χ1v) is 9.16. The number of alkyl halides is 3. The topological polar surface area (TPSA) is 45.5 Å². The SMILES string of the molecule is CC1C(NC(=O)c2ccc(-c3ccccc3C(F)(F)F)o2)C2CCN1CC2. The molecule has 3 aliphatic rings. The molecule has 2 atom stereocenters. The molecule has 1 amide bonds. The molecule has 0 saturated carbocycles. The highest BCUT2D eigenvalue weighted by atomic mass is 19.4. The van der Waals surface area contributed by atoms with Gasteiger partial charge in [-0.15, -0.1) is 0 Å². The molecule has 144 valence electrons. The fraction of sp³-hybridized carbons (Fsp3) is 0.450. The molecule has 3 saturated heterocycles. The number of rotatable bonds is 3. The maximum Gasteiger partial charge on any atom is 0.417 e. The number of fused-ring (bicyclic) bond motifs is 3. The van der Waals surface area contributed by atoms with Gasteiger partial charge in [-0.2, -0.15) is 13.2 Å². The van der Waals surface area contributed by atoms with Gasteiger partial charge >= 0.3 is 6.18 Å². The van der Waals surface area contributed by atoms with E-state index < -0.39 is 11.7 Å². The van der Waals surface area contributed by atoms with Gasteiger partial charge in [0.15, 0.2) is 5.76 Å². The van der Waals surface area contributed by atoms with Gasteiger partial charge in [0.05, 0.1) is 5.56 Å². The van der Waals surface area contributed by atoms with Crippen LogP contribution in [0.3, 0.4) is 0 Å². The van der Waals surface area contributed by atoms with Crippen molar-refractivity contribution in [1.82, 2.24) is 10.2 Å². The molecule has 2 unspecified atom stereocenters. The Hall–Kier alpha value is -2.28. The second-order valence-electron chi connectivity index (χ2n) is 7.32. The highest BCUT2D eigenvalue weighted by molar-refractivity contribution is 5.92. The number of halogens is 3. The number of carbonyl (C=O) groups excluding carboxylic acids is 1. The van der Waals surface area contributed by atoms with Crippen LogP contribution in [0.15, 0.2) is 40.8 Å². The van der Waals surface area contributed by atoms with Crippen molar-refractivity contribution in [3.05, 3.63) is 47.7 Å². The maximum atomic E-state index is 13.2. The third-order valence-electron chi connectivity index (χ3n) is 5.80. The van der Waals surface area contributed by atoms with Crippen LogP contribution in [0.2, 0.25) is 0 Å². The van der Waals surface area contributed by atoms with Gasteiger partial charge in [0, 0.05) is 17.6 Å². The van der Waals surface area contributed by atoms with Crippen molar-refractivity contribution in [2.45, 2.75) is 38.0 Å². The van der Waals surface area contributed by atoms with Gasteiger partial charge < -0.3 is 9.73 Å². The molecule has 0 radical (unpaired) electrons. The van der Waals surface area contributed by atoms with Gasteiger partial charge in [0.2, 0.25) is 0 Å². The van der Waals surface area contributed by atoms with Crippen LogP contribution in [0.4, 0.5) is 13.2 Å². The number of furan rings is 1. The van der Waals surface area contributed by atoms with Gasteiger partial charge in [-0.05, 0) is 57.0 Å². The molecule has 5 rings (SSSR count). The number of hydrogen-bond acceptors (Lipinski definition) is 3. The molecule has 0 spiro atoms. The molecule has 1 aromatic heterocycles. The highest BCUT2D eigenvalue weighted by Crippen LogP contribution is 2.37. The minimum atomic E-state index is -4.49. The van der Waals surface area contributed by atoms with Crippen LogP contribution in [0.25, 0.3) is 11.3 Å². The predicted molar refractivity (Wildman–Crippen MR) is 94.2 cm³/mol. The fourth-order valence-electron chi connectivity index (χ4n) is 4.32. The number of hydrogen-bond donors (Lipinski definition) is 1. The second-order valence-corrected chi connectivity index (χ2v) is 7.32. The van der Waals surface area contributed by atoms with E-state index in [0.29, 0.717) is 5.92 Å². The summed E-state index contributed by atoms with van der Waals surface area (Å²) >= 11 is 0. The van der Waals surface area contributed by atoms with Crippen LogP contribution in [-0.2, 0) is 6.18 Å². The van der Waals surface area contributed by atoms with Crippen molar-refractivity contribution in [3.8, 4) is 11.3 Å². The minimum Gasteiger partial charge on any atom is -0.451 e. The summed E-state index contributed by atoms with van der Waals surface area (Å²) in [5.74, 6) is 0.131. The average molecular weight is 378 g/mol. The normalized spacial score (nSPS) is 27.6. The maximum absolute atomic E-state index is 13.2. The predicted octanol–water partition coefficient (Wildman–Crippen LogP) is 4.18. The summed E-state index contributed by atoms with van der Waals surface area (Å²) in [6.45, 7) is 4.21. The lowest BCUT2D eigenvalue weighted by Gasteiger charge is -2.49. The monoisotopic (exact) mass is 378 g/mol. The molecule has 1 N–H and O–H groups in total. The summed E-state index contributed by atoms with van der Waals surface area (Å²) in [6.07, 6.45) is -2.38. The first-order chi connectivity index (χ1) is 12.8. The van der Waals surface area contributed by atoms with Crippen LogP contribution in [-0.4, -0.2) is 36.0 Å². The smallest absolute Gasteiger partial charge is 0.417 e. The quantitative estimate of drug-likeness (QED) is 0.872. The van der Waals surface area contributed by atoms with Gasteiger partial charge in [-0.1, -0.05) is 18.2 Å².